The van der Waals surface area contributed by atoms with Crippen molar-refractivity contribution in [1.82, 2.24) is 24.5 Å². The van der Waals surface area contributed by atoms with E-state index in [2.05, 4.69) is 15.4 Å². The summed E-state index contributed by atoms with van der Waals surface area (Å²) in [4.78, 5) is 44.8. The molecule has 4 heterocycles. The highest BCUT2D eigenvalue weighted by Crippen LogP contribution is 2.31. The van der Waals surface area contributed by atoms with Crippen molar-refractivity contribution in [3.63, 3.8) is 0 Å². The minimum atomic E-state index is -0.706. The number of carbonyl (C=O) groups is 2. The van der Waals surface area contributed by atoms with Crippen LogP contribution in [0.4, 0.5) is 5.69 Å². The number of anilines is 1. The Hall–Kier alpha value is -4.15. The van der Waals surface area contributed by atoms with Gasteiger partial charge in [-0.2, -0.15) is 9.61 Å². The van der Waals surface area contributed by atoms with Crippen LogP contribution >= 0.6 is 0 Å². The second kappa shape index (κ2) is 9.14. The van der Waals surface area contributed by atoms with E-state index in [1.165, 1.54) is 10.6 Å². The molecule has 11 nitrogen and oxygen atoms in total. The fraction of sp³-hybridized carbons (Fsp3) is 0.400. The van der Waals surface area contributed by atoms with Gasteiger partial charge in [0.2, 0.25) is 5.88 Å². The number of hydrogen-bond acceptors (Lipinski definition) is 7. The Kier molecular flexibility index (Phi) is 5.99. The van der Waals surface area contributed by atoms with Gasteiger partial charge in [0.05, 0.1) is 18.4 Å². The fourth-order valence-corrected chi connectivity index (χ4v) is 4.32. The minimum Gasteiger partial charge on any atom is -0.494 e. The highest BCUT2D eigenvalue weighted by molar-refractivity contribution is 6.05. The number of carbonyl (C=O) groups excluding carboxylic acids is 2. The van der Waals surface area contributed by atoms with Crippen molar-refractivity contribution in [1.29, 1.82) is 0 Å². The highest BCUT2D eigenvalue weighted by atomic mass is 16.5. The molecule has 0 bridgehead atoms. The van der Waals surface area contributed by atoms with Crippen molar-refractivity contribution in [3.8, 4) is 11.6 Å². The first-order valence-electron chi connectivity index (χ1n) is 12.0. The molecule has 1 aliphatic heterocycles. The monoisotopic (exact) mass is 492 g/mol. The van der Waals surface area contributed by atoms with Gasteiger partial charge in [0, 0.05) is 36.5 Å². The lowest BCUT2D eigenvalue weighted by Crippen LogP contribution is -2.36. The number of amides is 2. The van der Waals surface area contributed by atoms with Crippen LogP contribution in [0.3, 0.4) is 0 Å². The van der Waals surface area contributed by atoms with Crippen molar-refractivity contribution in [2.75, 3.05) is 18.1 Å². The third kappa shape index (κ3) is 4.21. The number of fused-ring (bicyclic) bond motifs is 2. The van der Waals surface area contributed by atoms with Crippen LogP contribution in [0, 0.1) is 12.8 Å². The zero-order valence-electron chi connectivity index (χ0n) is 20.4. The van der Waals surface area contributed by atoms with Crippen molar-refractivity contribution in [2.24, 2.45) is 5.92 Å². The van der Waals surface area contributed by atoms with Crippen LogP contribution in [-0.2, 0) is 11.3 Å². The summed E-state index contributed by atoms with van der Waals surface area (Å²) in [5, 5.41) is 18.2. The number of aryl methyl sites for hydroxylation is 1. The van der Waals surface area contributed by atoms with Crippen LogP contribution in [0.15, 0.2) is 29.3 Å². The Bertz CT molecular complexity index is 1450. The lowest BCUT2D eigenvalue weighted by molar-refractivity contribution is -0.114. The Balaban J connectivity index is 1.58. The Morgan fingerprint density at radius 3 is 2.83 bits per heavy atom. The smallest absolute Gasteiger partial charge is 0.291 e. The standard InChI is InChI=1S/C25H28N6O5/c1-14(2)13-30-23-17(6-7-20(32)29-10-11-36-19-8-9-26-12-18(19)29)15(3)28-31(23)25(35)21(24(30)34)22(33)27-16-4-5-16/h6-9,12,14,16,34H,4-5,10-11,13H2,1-3H3,(H,27,33). The van der Waals surface area contributed by atoms with Gasteiger partial charge in [-0.05, 0) is 31.8 Å². The fourth-order valence-electron chi connectivity index (χ4n) is 4.32. The molecule has 3 aromatic heterocycles. The molecule has 0 radical (unpaired) electrons. The molecular weight excluding hydrogens is 464 g/mol. The third-order valence-corrected chi connectivity index (χ3v) is 6.19. The molecule has 0 spiro atoms. The van der Waals surface area contributed by atoms with Gasteiger partial charge in [-0.1, -0.05) is 13.8 Å². The van der Waals surface area contributed by atoms with E-state index >= 15 is 0 Å². The maximum Gasteiger partial charge on any atom is 0.291 e. The van der Waals surface area contributed by atoms with E-state index in [1.807, 2.05) is 13.8 Å². The summed E-state index contributed by atoms with van der Waals surface area (Å²) in [6.07, 6.45) is 7.87. The van der Waals surface area contributed by atoms with Gasteiger partial charge < -0.3 is 20.1 Å². The van der Waals surface area contributed by atoms with Gasteiger partial charge in [0.25, 0.3) is 17.4 Å². The van der Waals surface area contributed by atoms with Gasteiger partial charge in [-0.25, -0.2) is 0 Å². The predicted octanol–water partition coefficient (Wildman–Crippen LogP) is 1.89. The summed E-state index contributed by atoms with van der Waals surface area (Å²) in [6, 6.07) is 1.73. The quantitative estimate of drug-likeness (QED) is 0.503. The maximum absolute atomic E-state index is 13.3. The first-order chi connectivity index (χ1) is 17.3. The number of aromatic hydroxyl groups is 1. The molecule has 1 saturated carbocycles. The summed E-state index contributed by atoms with van der Waals surface area (Å²) in [5.74, 6) is -0.632. The van der Waals surface area contributed by atoms with Crippen LogP contribution in [0.5, 0.6) is 11.6 Å². The molecule has 2 aliphatic rings. The Labute approximate surface area is 207 Å². The molecule has 1 aliphatic carbocycles. The first kappa shape index (κ1) is 23.6. The van der Waals surface area contributed by atoms with E-state index in [4.69, 9.17) is 4.74 Å². The number of pyridine rings is 1. The number of nitrogens with one attached hydrogen (secondary N) is 1. The Morgan fingerprint density at radius 2 is 2.11 bits per heavy atom. The zero-order chi connectivity index (χ0) is 25.6. The van der Waals surface area contributed by atoms with Crippen LogP contribution in [0.1, 0.15) is 48.3 Å². The van der Waals surface area contributed by atoms with E-state index in [0.717, 1.165) is 17.4 Å². The van der Waals surface area contributed by atoms with E-state index < -0.39 is 17.3 Å². The topological polar surface area (TPSA) is 131 Å². The molecule has 0 saturated heterocycles. The van der Waals surface area contributed by atoms with Gasteiger partial charge in [0.15, 0.2) is 5.56 Å². The molecule has 188 valence electrons. The SMILES string of the molecule is Cc1nn2c(=O)c(C(=O)NC3CC3)c(O)n(CC(C)C)c2c1C=CC(=O)N1CCOc2ccncc21. The molecule has 2 N–H and O–H groups in total. The summed E-state index contributed by atoms with van der Waals surface area (Å²) in [6.45, 7) is 6.70. The zero-order valence-corrected chi connectivity index (χ0v) is 20.4. The van der Waals surface area contributed by atoms with E-state index in [9.17, 15) is 19.5 Å². The highest BCUT2D eigenvalue weighted by Gasteiger charge is 2.30. The van der Waals surface area contributed by atoms with Gasteiger partial charge in [0.1, 0.15) is 23.7 Å². The van der Waals surface area contributed by atoms with E-state index in [1.54, 1.807) is 36.4 Å². The summed E-state index contributed by atoms with van der Waals surface area (Å²) >= 11 is 0. The number of hydrogen-bond donors (Lipinski definition) is 2. The summed E-state index contributed by atoms with van der Waals surface area (Å²) in [7, 11) is 0. The molecule has 0 aromatic carbocycles. The summed E-state index contributed by atoms with van der Waals surface area (Å²) < 4.78 is 8.25. The average molecular weight is 493 g/mol. The van der Waals surface area contributed by atoms with Crippen molar-refractivity contribution >= 4 is 29.2 Å². The lowest BCUT2D eigenvalue weighted by atomic mass is 10.1. The first-order valence-corrected chi connectivity index (χ1v) is 12.0. The van der Waals surface area contributed by atoms with Crippen LogP contribution in [0.2, 0.25) is 0 Å². The van der Waals surface area contributed by atoms with Gasteiger partial charge in [-0.3, -0.25) is 23.9 Å². The second-order valence-corrected chi connectivity index (χ2v) is 9.51. The minimum absolute atomic E-state index is 0.0231. The molecule has 5 rings (SSSR count). The normalized spacial score (nSPS) is 15.4. The average Bonchev–Trinajstić information content (AvgIpc) is 3.60. The molecule has 11 heteroatoms. The van der Waals surface area contributed by atoms with Gasteiger partial charge in [-0.15, -0.1) is 0 Å². The van der Waals surface area contributed by atoms with Crippen molar-refractivity contribution in [2.45, 2.75) is 46.2 Å². The summed E-state index contributed by atoms with van der Waals surface area (Å²) in [5.41, 5.74) is 0.849. The predicted molar refractivity (Wildman–Crippen MR) is 132 cm³/mol. The van der Waals surface area contributed by atoms with Crippen LogP contribution in [0.25, 0.3) is 11.7 Å². The molecule has 36 heavy (non-hydrogen) atoms. The van der Waals surface area contributed by atoms with E-state index in [0.29, 0.717) is 48.0 Å². The van der Waals surface area contributed by atoms with Crippen LogP contribution < -0.4 is 20.5 Å². The Morgan fingerprint density at radius 1 is 1.33 bits per heavy atom. The third-order valence-electron chi connectivity index (χ3n) is 6.19. The van der Waals surface area contributed by atoms with Gasteiger partial charge >= 0.3 is 0 Å². The number of rotatable bonds is 6. The van der Waals surface area contributed by atoms with Crippen molar-refractivity contribution in [3.05, 3.63) is 51.7 Å². The molecule has 0 atom stereocenters. The molecule has 2 amide bonds. The molecule has 0 unspecified atom stereocenters. The van der Waals surface area contributed by atoms with Crippen LogP contribution in [-0.4, -0.2) is 55.3 Å². The largest absolute Gasteiger partial charge is 0.494 e. The molecule has 3 aromatic rings. The number of ether oxygens (including phenoxy) is 1. The number of aromatic nitrogens is 4. The molecule has 1 fully saturated rings. The lowest BCUT2D eigenvalue weighted by Gasteiger charge is -2.28. The van der Waals surface area contributed by atoms with Crippen molar-refractivity contribution < 1.29 is 19.4 Å². The molecular formula is C25H28N6O5. The van der Waals surface area contributed by atoms with E-state index in [-0.39, 0.29) is 23.4 Å². The number of nitrogens with zero attached hydrogens (tertiary/aromatic N) is 5. The maximum atomic E-state index is 13.3. The second-order valence-electron chi connectivity index (χ2n) is 9.51.